The predicted molar refractivity (Wildman–Crippen MR) is 31.5 cm³/mol. The fourth-order valence-corrected chi connectivity index (χ4v) is 0.463. The Morgan fingerprint density at radius 3 is 2.80 bits per heavy atom. The van der Waals surface area contributed by atoms with Crippen molar-refractivity contribution >= 4 is 5.82 Å². The molecule has 0 saturated carbocycles. The van der Waals surface area contributed by atoms with E-state index >= 15 is 0 Å². The maximum absolute atomic E-state index is 10.3. The number of aromatic nitrogens is 2. The van der Waals surface area contributed by atoms with Crippen LogP contribution >= 0.6 is 0 Å². The largest absolute Gasteiger partial charge is 0.454 e. The summed E-state index contributed by atoms with van der Waals surface area (Å²) in [5, 5.41) is 9.94. The average molecular weight is 141 g/mol. The number of nitrogens with one attached hydrogen (secondary N) is 1. The van der Waals surface area contributed by atoms with E-state index in [4.69, 9.17) is 0 Å². The first-order valence-electron chi connectivity index (χ1n) is 2.40. The summed E-state index contributed by atoms with van der Waals surface area (Å²) in [7, 11) is 0. The van der Waals surface area contributed by atoms with Gasteiger partial charge in [-0.05, 0) is 4.92 Å². The van der Waals surface area contributed by atoms with Gasteiger partial charge in [-0.1, -0.05) is 0 Å². The van der Waals surface area contributed by atoms with Gasteiger partial charge in [-0.25, -0.2) is 4.79 Å². The van der Waals surface area contributed by atoms with Crippen molar-refractivity contribution in [3.05, 3.63) is 32.9 Å². The quantitative estimate of drug-likeness (QED) is 0.428. The van der Waals surface area contributed by atoms with Crippen LogP contribution in [0.5, 0.6) is 0 Å². The third-order valence-electron chi connectivity index (χ3n) is 0.842. The van der Waals surface area contributed by atoms with Gasteiger partial charge in [0.2, 0.25) is 0 Å². The van der Waals surface area contributed by atoms with Gasteiger partial charge in [-0.15, -0.1) is 0 Å². The monoisotopic (exact) mass is 141 g/mol. The maximum Gasteiger partial charge on any atom is 0.454 e. The molecule has 0 unspecified atom stereocenters. The Hall–Kier alpha value is -1.72. The molecule has 0 radical (unpaired) electrons. The van der Waals surface area contributed by atoms with Gasteiger partial charge in [-0.3, -0.25) is 4.98 Å². The molecule has 52 valence electrons. The summed E-state index contributed by atoms with van der Waals surface area (Å²) in [6, 6.07) is 1.11. The Bertz CT molecular complexity index is 305. The highest BCUT2D eigenvalue weighted by Crippen LogP contribution is 1.97. The zero-order chi connectivity index (χ0) is 7.56. The van der Waals surface area contributed by atoms with Gasteiger partial charge in [0.1, 0.15) is 0 Å². The van der Waals surface area contributed by atoms with Gasteiger partial charge in [0.05, 0.1) is 6.07 Å². The van der Waals surface area contributed by atoms with Crippen molar-refractivity contribution in [2.24, 2.45) is 0 Å². The van der Waals surface area contributed by atoms with Crippen LogP contribution in [0.2, 0.25) is 0 Å². The molecule has 0 aliphatic rings. The minimum Gasteiger partial charge on any atom is -0.358 e. The van der Waals surface area contributed by atoms with Gasteiger partial charge < -0.3 is 10.1 Å². The highest BCUT2D eigenvalue weighted by Gasteiger charge is 2.05. The Labute approximate surface area is 54.7 Å². The second-order valence-electron chi connectivity index (χ2n) is 1.51. The van der Waals surface area contributed by atoms with E-state index in [0.29, 0.717) is 0 Å². The van der Waals surface area contributed by atoms with Crippen molar-refractivity contribution in [2.75, 3.05) is 0 Å². The van der Waals surface area contributed by atoms with Crippen LogP contribution in [0, 0.1) is 10.1 Å². The van der Waals surface area contributed by atoms with Crippen LogP contribution in [0.15, 0.2) is 17.1 Å². The van der Waals surface area contributed by atoms with Crippen LogP contribution in [-0.2, 0) is 0 Å². The Morgan fingerprint density at radius 2 is 2.40 bits per heavy atom. The Morgan fingerprint density at radius 1 is 1.70 bits per heavy atom. The van der Waals surface area contributed by atoms with Crippen LogP contribution in [0.3, 0.4) is 0 Å². The first kappa shape index (κ1) is 6.40. The summed E-state index contributed by atoms with van der Waals surface area (Å²) in [5.41, 5.74) is -0.714. The van der Waals surface area contributed by atoms with E-state index in [1.165, 1.54) is 6.20 Å². The lowest BCUT2D eigenvalue weighted by molar-refractivity contribution is -0.389. The van der Waals surface area contributed by atoms with Crippen molar-refractivity contribution < 1.29 is 4.92 Å². The first-order chi connectivity index (χ1) is 4.70. The Balaban J connectivity index is 3.20. The van der Waals surface area contributed by atoms with Crippen molar-refractivity contribution in [3.63, 3.8) is 0 Å². The van der Waals surface area contributed by atoms with E-state index in [0.717, 1.165) is 6.07 Å². The molecule has 6 nitrogen and oxygen atoms in total. The van der Waals surface area contributed by atoms with E-state index in [1.54, 1.807) is 0 Å². The molecule has 1 N–H and O–H groups in total. The summed E-state index contributed by atoms with van der Waals surface area (Å²) in [6.07, 6.45) is 1.17. The van der Waals surface area contributed by atoms with E-state index in [1.807, 2.05) is 0 Å². The van der Waals surface area contributed by atoms with Crippen LogP contribution in [0.25, 0.3) is 0 Å². The zero-order valence-electron chi connectivity index (χ0n) is 4.77. The fraction of sp³-hybridized carbons (Fsp3) is 0. The lowest BCUT2D eigenvalue weighted by Gasteiger charge is -1.86. The molecule has 0 aromatic carbocycles. The van der Waals surface area contributed by atoms with Crippen LogP contribution in [-0.4, -0.2) is 14.9 Å². The molecular formula is C4H3N3O3. The molecule has 0 fully saturated rings. The number of nitrogens with zero attached hydrogens (tertiary/aromatic N) is 2. The molecule has 1 aromatic heterocycles. The molecule has 10 heavy (non-hydrogen) atoms. The van der Waals surface area contributed by atoms with E-state index in [2.05, 4.69) is 9.97 Å². The highest BCUT2D eigenvalue weighted by atomic mass is 16.6. The van der Waals surface area contributed by atoms with Crippen molar-refractivity contribution in [1.29, 1.82) is 0 Å². The fourth-order valence-electron chi connectivity index (χ4n) is 0.463. The molecule has 0 atom stereocenters. The summed E-state index contributed by atoms with van der Waals surface area (Å²) < 4.78 is 0. The molecule has 1 aromatic rings. The normalized spacial score (nSPS) is 9.20. The lowest BCUT2D eigenvalue weighted by Crippen LogP contribution is -2.10. The number of hydrogen-bond acceptors (Lipinski definition) is 4. The third kappa shape index (κ3) is 1.16. The molecule has 1 heterocycles. The number of rotatable bonds is 1. The van der Waals surface area contributed by atoms with Gasteiger partial charge in [-0.2, -0.15) is 0 Å². The molecule has 0 aliphatic carbocycles. The van der Waals surface area contributed by atoms with Crippen LogP contribution in [0.1, 0.15) is 0 Å². The smallest absolute Gasteiger partial charge is 0.358 e. The lowest BCUT2D eigenvalue weighted by atomic mass is 10.6. The summed E-state index contributed by atoms with van der Waals surface area (Å²) >= 11 is 0. The number of H-pyrrole nitrogens is 1. The van der Waals surface area contributed by atoms with Gasteiger partial charge in [0, 0.05) is 11.2 Å². The van der Waals surface area contributed by atoms with Crippen LogP contribution in [0.4, 0.5) is 5.82 Å². The van der Waals surface area contributed by atoms with E-state index < -0.39 is 16.4 Å². The van der Waals surface area contributed by atoms with Gasteiger partial charge in [0.25, 0.3) is 0 Å². The van der Waals surface area contributed by atoms with Crippen molar-refractivity contribution in [1.82, 2.24) is 9.97 Å². The third-order valence-corrected chi connectivity index (χ3v) is 0.842. The van der Waals surface area contributed by atoms with E-state index in [-0.39, 0.29) is 0 Å². The minimum atomic E-state index is -0.727. The molecule has 0 aliphatic heterocycles. The standard InChI is InChI=1S/C4H3N3O3/c8-4-5-2-1-3(6-4)7(9)10/h1-2H,(H,5,6,8). The molecule has 0 bridgehead atoms. The van der Waals surface area contributed by atoms with E-state index in [9.17, 15) is 14.9 Å². The SMILES string of the molecule is O=c1nc([N+](=O)[O-])cc[nH]1. The predicted octanol–water partition coefficient (Wildman–Crippen LogP) is -0.322. The second-order valence-corrected chi connectivity index (χ2v) is 1.51. The van der Waals surface area contributed by atoms with Crippen molar-refractivity contribution in [3.8, 4) is 0 Å². The van der Waals surface area contributed by atoms with Gasteiger partial charge in [0.15, 0.2) is 0 Å². The molecule has 1 rings (SSSR count). The van der Waals surface area contributed by atoms with Crippen LogP contribution < -0.4 is 5.69 Å². The average Bonchev–Trinajstić information content (AvgIpc) is 1.88. The minimum absolute atomic E-state index is 0.441. The number of aromatic amines is 1. The molecule has 0 spiro atoms. The Kier molecular flexibility index (Phi) is 1.44. The summed E-state index contributed by atoms with van der Waals surface area (Å²) in [5.74, 6) is -0.441. The van der Waals surface area contributed by atoms with Crippen molar-refractivity contribution in [2.45, 2.75) is 0 Å². The summed E-state index contributed by atoms with van der Waals surface area (Å²) in [6.45, 7) is 0. The first-order valence-corrected chi connectivity index (χ1v) is 2.40. The zero-order valence-corrected chi connectivity index (χ0v) is 4.77. The molecule has 6 heteroatoms. The summed E-state index contributed by atoms with van der Waals surface area (Å²) in [4.78, 5) is 24.8. The van der Waals surface area contributed by atoms with Gasteiger partial charge >= 0.3 is 11.5 Å². The molecular weight excluding hydrogens is 138 g/mol. The maximum atomic E-state index is 10.3. The topological polar surface area (TPSA) is 88.9 Å². The number of nitro groups is 1. The molecule has 0 saturated heterocycles. The molecule has 0 amide bonds. The highest BCUT2D eigenvalue weighted by molar-refractivity contribution is 5.12. The number of hydrogen-bond donors (Lipinski definition) is 1. The second kappa shape index (κ2) is 2.26.